The highest BCUT2D eigenvalue weighted by Gasteiger charge is 2.34. The Morgan fingerprint density at radius 1 is 1.28 bits per heavy atom. The first-order valence-corrected chi connectivity index (χ1v) is 11.9. The molecule has 190 valence electrons. The molecule has 2 atom stereocenters. The fraction of sp³-hybridized carbons (Fsp3) is 0.435. The second-order valence-corrected chi connectivity index (χ2v) is 9.02. The lowest BCUT2D eigenvalue weighted by atomic mass is 9.89. The number of methoxy groups -OCH3 is 1. The number of nitrogens with zero attached hydrogens (tertiary/aromatic N) is 5. The number of non-ortho nitro benzene ring substituents is 1. The number of rotatable bonds is 7. The Bertz CT molecular complexity index is 1290. The highest BCUT2D eigenvalue weighted by molar-refractivity contribution is 6.30. The molecule has 0 bridgehead atoms. The van der Waals surface area contributed by atoms with Crippen LogP contribution in [0.3, 0.4) is 0 Å². The van der Waals surface area contributed by atoms with E-state index in [0.717, 1.165) is 18.5 Å². The number of anilines is 1. The predicted molar refractivity (Wildman–Crippen MR) is 131 cm³/mol. The van der Waals surface area contributed by atoms with Crippen molar-refractivity contribution in [3.63, 3.8) is 0 Å². The van der Waals surface area contributed by atoms with Gasteiger partial charge in [-0.3, -0.25) is 10.1 Å². The molecule has 1 aromatic carbocycles. The summed E-state index contributed by atoms with van der Waals surface area (Å²) in [6, 6.07) is 5.92. The van der Waals surface area contributed by atoms with Gasteiger partial charge in [0.2, 0.25) is 0 Å². The lowest BCUT2D eigenvalue weighted by molar-refractivity contribution is -0.384. The van der Waals surface area contributed by atoms with Gasteiger partial charge >= 0.3 is 6.03 Å². The summed E-state index contributed by atoms with van der Waals surface area (Å²) in [6.45, 7) is 2.70. The number of nitro groups is 1. The third-order valence-electron chi connectivity index (χ3n) is 6.41. The molecule has 2 aromatic heterocycles. The number of halogens is 1. The molecule has 36 heavy (non-hydrogen) atoms. The van der Waals surface area contributed by atoms with Crippen LogP contribution >= 0.6 is 11.6 Å². The Kier molecular flexibility index (Phi) is 6.90. The zero-order valence-electron chi connectivity index (χ0n) is 19.6. The predicted octanol–water partition coefficient (Wildman–Crippen LogP) is 3.14. The highest BCUT2D eigenvalue weighted by atomic mass is 35.5. The van der Waals surface area contributed by atoms with E-state index in [4.69, 9.17) is 25.8 Å². The van der Waals surface area contributed by atoms with Crippen LogP contribution in [0.5, 0.6) is 5.75 Å². The van der Waals surface area contributed by atoms with Crippen molar-refractivity contribution < 1.29 is 23.9 Å². The number of aromatic nitrogens is 3. The maximum atomic E-state index is 12.9. The fourth-order valence-electron chi connectivity index (χ4n) is 4.35. The quantitative estimate of drug-likeness (QED) is 0.285. The van der Waals surface area contributed by atoms with Gasteiger partial charge in [0, 0.05) is 37.0 Å². The van der Waals surface area contributed by atoms with Crippen molar-refractivity contribution in [3.8, 4) is 5.75 Å². The van der Waals surface area contributed by atoms with Crippen molar-refractivity contribution in [3.05, 3.63) is 51.4 Å². The van der Waals surface area contributed by atoms with Crippen LogP contribution in [-0.2, 0) is 16.1 Å². The normalized spacial score (nSPS) is 19.7. The van der Waals surface area contributed by atoms with E-state index in [0.29, 0.717) is 48.8 Å². The summed E-state index contributed by atoms with van der Waals surface area (Å²) >= 11 is 6.06. The summed E-state index contributed by atoms with van der Waals surface area (Å²) in [7, 11) is 1.49. The third kappa shape index (κ3) is 4.92. The summed E-state index contributed by atoms with van der Waals surface area (Å²) in [5.41, 5.74) is 2.22. The zero-order chi connectivity index (χ0) is 25.2. The van der Waals surface area contributed by atoms with E-state index in [1.54, 1.807) is 6.07 Å². The van der Waals surface area contributed by atoms with Crippen molar-refractivity contribution in [2.45, 2.75) is 31.6 Å². The minimum absolute atomic E-state index is 0.0182. The summed E-state index contributed by atoms with van der Waals surface area (Å²) in [5.74, 6) is 0.426. The summed E-state index contributed by atoms with van der Waals surface area (Å²) in [6.07, 6.45) is 2.66. The van der Waals surface area contributed by atoms with Crippen LogP contribution in [0, 0.1) is 10.1 Å². The fourth-order valence-corrected chi connectivity index (χ4v) is 4.53. The Labute approximate surface area is 211 Å². The number of imidazole rings is 1. The topological polar surface area (TPSA) is 134 Å². The Balaban J connectivity index is 1.25. The summed E-state index contributed by atoms with van der Waals surface area (Å²) < 4.78 is 18.0. The maximum Gasteiger partial charge on any atom is 0.328 e. The number of carbonyl (C=O) groups excluding carboxylic acids is 1. The van der Waals surface area contributed by atoms with Crippen LogP contribution in [0.15, 0.2) is 30.6 Å². The lowest BCUT2D eigenvalue weighted by Crippen LogP contribution is -2.52. The molecular weight excluding hydrogens is 492 g/mol. The first-order valence-electron chi connectivity index (χ1n) is 11.5. The minimum atomic E-state index is -0.405. The Hall–Kier alpha value is -3.48. The number of nitrogens with one attached hydrogen (secondary N) is 1. The van der Waals surface area contributed by atoms with E-state index in [1.165, 1.54) is 30.1 Å². The van der Waals surface area contributed by atoms with Gasteiger partial charge in [-0.2, -0.15) is 0 Å². The number of hydrogen-bond acceptors (Lipinski definition) is 9. The van der Waals surface area contributed by atoms with E-state index in [-0.39, 0.29) is 29.6 Å². The Morgan fingerprint density at radius 2 is 2.08 bits per heavy atom. The standard InChI is InChI=1S/C23H25ClN6O6/c1-34-19-11-20(24)27-22-21(19)25-13-29(22)23(31)26-17-2-3-18(17)36-12-14-8-15(10-16(9-14)30(32)33)28-4-6-35-7-5-28/h8-11,13,17-18H,2-7,12H2,1H3,(H,26,31)/t17-,18-/m1/s1. The van der Waals surface area contributed by atoms with Gasteiger partial charge in [0.05, 0.1) is 44.0 Å². The van der Waals surface area contributed by atoms with E-state index < -0.39 is 11.0 Å². The van der Waals surface area contributed by atoms with E-state index in [9.17, 15) is 14.9 Å². The highest BCUT2D eigenvalue weighted by Crippen LogP contribution is 2.29. The van der Waals surface area contributed by atoms with Gasteiger partial charge < -0.3 is 24.4 Å². The van der Waals surface area contributed by atoms with Crippen LogP contribution < -0.4 is 15.0 Å². The molecule has 0 spiro atoms. The number of morpholine rings is 1. The molecule has 13 heteroatoms. The zero-order valence-corrected chi connectivity index (χ0v) is 20.3. The Morgan fingerprint density at radius 3 is 2.78 bits per heavy atom. The molecule has 1 saturated heterocycles. The number of benzene rings is 1. The lowest BCUT2D eigenvalue weighted by Gasteiger charge is -2.36. The van der Waals surface area contributed by atoms with Crippen LogP contribution in [0.2, 0.25) is 5.15 Å². The molecule has 5 rings (SSSR count). The van der Waals surface area contributed by atoms with Crippen LogP contribution in [0.4, 0.5) is 16.2 Å². The molecule has 1 aliphatic carbocycles. The van der Waals surface area contributed by atoms with Crippen molar-refractivity contribution in [2.24, 2.45) is 0 Å². The smallest absolute Gasteiger partial charge is 0.328 e. The molecule has 1 amide bonds. The second kappa shape index (κ2) is 10.2. The van der Waals surface area contributed by atoms with Gasteiger partial charge in [-0.15, -0.1) is 0 Å². The average molecular weight is 517 g/mol. The average Bonchev–Trinajstić information content (AvgIpc) is 3.30. The van der Waals surface area contributed by atoms with Gasteiger partial charge in [0.25, 0.3) is 5.69 Å². The van der Waals surface area contributed by atoms with Crippen LogP contribution in [0.1, 0.15) is 18.4 Å². The molecule has 0 radical (unpaired) electrons. The molecular formula is C23H25ClN6O6. The van der Waals surface area contributed by atoms with E-state index >= 15 is 0 Å². The third-order valence-corrected chi connectivity index (χ3v) is 6.60. The first kappa shape index (κ1) is 24.2. The van der Waals surface area contributed by atoms with Crippen molar-refractivity contribution in [2.75, 3.05) is 38.3 Å². The minimum Gasteiger partial charge on any atom is -0.494 e. The van der Waals surface area contributed by atoms with Crippen molar-refractivity contribution in [1.82, 2.24) is 19.9 Å². The van der Waals surface area contributed by atoms with E-state index in [1.807, 2.05) is 6.07 Å². The SMILES string of the molecule is COc1cc(Cl)nc2c1ncn2C(=O)N[C@@H]1CC[C@H]1OCc1cc(N2CCOCC2)cc([N+](=O)[O-])c1. The largest absolute Gasteiger partial charge is 0.494 e. The van der Waals surface area contributed by atoms with Crippen LogP contribution in [0.25, 0.3) is 11.2 Å². The number of amides is 1. The number of fused-ring (bicyclic) bond motifs is 1. The number of ether oxygens (including phenoxy) is 3. The number of nitro benzene ring substituents is 1. The van der Waals surface area contributed by atoms with Gasteiger partial charge in [-0.05, 0) is 24.5 Å². The second-order valence-electron chi connectivity index (χ2n) is 8.63. The first-order chi connectivity index (χ1) is 17.4. The molecule has 1 N–H and O–H groups in total. The summed E-state index contributed by atoms with van der Waals surface area (Å²) in [5, 5.41) is 14.6. The van der Waals surface area contributed by atoms with Gasteiger partial charge in [0.15, 0.2) is 16.9 Å². The van der Waals surface area contributed by atoms with Crippen LogP contribution in [-0.4, -0.2) is 71.0 Å². The number of hydrogen-bond donors (Lipinski definition) is 1. The monoisotopic (exact) mass is 516 g/mol. The summed E-state index contributed by atoms with van der Waals surface area (Å²) in [4.78, 5) is 34.5. The van der Waals surface area contributed by atoms with Crippen molar-refractivity contribution >= 4 is 40.2 Å². The molecule has 1 saturated carbocycles. The van der Waals surface area contributed by atoms with Crippen molar-refractivity contribution in [1.29, 1.82) is 0 Å². The molecule has 3 heterocycles. The molecule has 0 unspecified atom stereocenters. The van der Waals surface area contributed by atoms with Gasteiger partial charge in [-0.1, -0.05) is 11.6 Å². The van der Waals surface area contributed by atoms with Gasteiger partial charge in [-0.25, -0.2) is 19.3 Å². The van der Waals surface area contributed by atoms with E-state index in [2.05, 4.69) is 20.2 Å². The molecule has 2 aliphatic rings. The molecule has 3 aromatic rings. The molecule has 2 fully saturated rings. The number of pyridine rings is 1. The van der Waals surface area contributed by atoms with Gasteiger partial charge in [0.1, 0.15) is 11.5 Å². The molecule has 1 aliphatic heterocycles. The molecule has 12 nitrogen and oxygen atoms in total. The maximum absolute atomic E-state index is 12.9. The number of carbonyl (C=O) groups is 1.